The van der Waals surface area contributed by atoms with Gasteiger partial charge in [0.05, 0.1) is 20.2 Å². The Bertz CT molecular complexity index is 1780. The van der Waals surface area contributed by atoms with Gasteiger partial charge in [-0.2, -0.15) is 0 Å². The number of aromatic hydroxyl groups is 1. The minimum atomic E-state index is -0.863. The number of rotatable bonds is 10. The summed E-state index contributed by atoms with van der Waals surface area (Å²) >= 11 is 0. The van der Waals surface area contributed by atoms with E-state index in [1.54, 1.807) is 57.3 Å². The number of piperazine rings is 1. The topological polar surface area (TPSA) is 106 Å². The first-order valence-corrected chi connectivity index (χ1v) is 15.9. The van der Waals surface area contributed by atoms with Gasteiger partial charge < -0.3 is 25.0 Å². The molecule has 0 saturated carbocycles. The van der Waals surface area contributed by atoms with Gasteiger partial charge >= 0.3 is 6.03 Å². The Morgan fingerprint density at radius 2 is 1.62 bits per heavy atom. The minimum Gasteiger partial charge on any atom is -0.508 e. The summed E-state index contributed by atoms with van der Waals surface area (Å²) in [4.78, 5) is 45.5. The van der Waals surface area contributed by atoms with Gasteiger partial charge in [0.2, 0.25) is 11.8 Å². The summed E-state index contributed by atoms with van der Waals surface area (Å²) in [6.45, 7) is 4.75. The van der Waals surface area contributed by atoms with Crippen molar-refractivity contribution in [2.75, 3.05) is 26.7 Å². The summed E-state index contributed by atoms with van der Waals surface area (Å²) in [7, 11) is 1.63. The standard InChI is InChI=1S/C38H39N5O5/c1-3-19-41-26-36(45)42-34(21-27-15-17-32(44)18-16-27)37(46)40(25-35(42)43(41)38(47)39-23-28-9-5-4-6-10-28)24-29-11-7-12-30(20-29)31-13-8-14-33(22-31)48-2/h3-18,20,22,34-35,44H,1,19,21,23-26H2,2H3,(H,39,47)/t34-,35-/m0/s1. The molecule has 0 aliphatic carbocycles. The van der Waals surface area contributed by atoms with Crippen molar-refractivity contribution in [3.63, 3.8) is 0 Å². The number of hydrogen-bond donors (Lipinski definition) is 2. The fourth-order valence-corrected chi connectivity index (χ4v) is 6.43. The highest BCUT2D eigenvalue weighted by atomic mass is 16.5. The van der Waals surface area contributed by atoms with Gasteiger partial charge in [0, 0.05) is 26.1 Å². The first-order valence-electron chi connectivity index (χ1n) is 15.9. The first-order chi connectivity index (χ1) is 23.3. The maximum absolute atomic E-state index is 14.4. The molecule has 0 aromatic heterocycles. The number of urea groups is 1. The third-order valence-electron chi connectivity index (χ3n) is 8.73. The molecule has 0 bridgehead atoms. The number of carbonyl (C=O) groups excluding carboxylic acids is 3. The van der Waals surface area contributed by atoms with Crippen LogP contribution in [-0.2, 0) is 29.1 Å². The van der Waals surface area contributed by atoms with E-state index in [0.29, 0.717) is 6.54 Å². The number of hydrogen-bond acceptors (Lipinski definition) is 6. The van der Waals surface area contributed by atoms with E-state index in [9.17, 15) is 19.5 Å². The molecule has 0 radical (unpaired) electrons. The molecule has 0 unspecified atom stereocenters. The number of phenolic OH excluding ortho intramolecular Hbond substituents is 1. The highest BCUT2D eigenvalue weighted by Crippen LogP contribution is 2.31. The molecule has 2 fully saturated rings. The normalized spacial score (nSPS) is 18.0. The van der Waals surface area contributed by atoms with E-state index >= 15 is 0 Å². The summed E-state index contributed by atoms with van der Waals surface area (Å²) in [5.74, 6) is 0.407. The van der Waals surface area contributed by atoms with E-state index in [1.165, 1.54) is 0 Å². The number of fused-ring (bicyclic) bond motifs is 1. The maximum Gasteiger partial charge on any atom is 0.334 e. The molecule has 2 aliphatic rings. The van der Waals surface area contributed by atoms with Gasteiger partial charge in [-0.3, -0.25) is 9.59 Å². The van der Waals surface area contributed by atoms with Crippen molar-refractivity contribution in [3.8, 4) is 22.6 Å². The number of hydrazine groups is 1. The van der Waals surface area contributed by atoms with Crippen LogP contribution in [0, 0.1) is 0 Å². The molecule has 2 saturated heterocycles. The van der Waals surface area contributed by atoms with Crippen LogP contribution in [0.4, 0.5) is 4.79 Å². The van der Waals surface area contributed by atoms with E-state index in [4.69, 9.17) is 4.74 Å². The number of carbonyl (C=O) groups is 3. The van der Waals surface area contributed by atoms with Crippen LogP contribution in [-0.4, -0.2) is 81.7 Å². The molecule has 10 nitrogen and oxygen atoms in total. The molecule has 10 heteroatoms. The fourth-order valence-electron chi connectivity index (χ4n) is 6.43. The molecule has 2 N–H and O–H groups in total. The van der Waals surface area contributed by atoms with E-state index in [-0.39, 0.29) is 56.2 Å². The summed E-state index contributed by atoms with van der Waals surface area (Å²) < 4.78 is 5.42. The highest BCUT2D eigenvalue weighted by Gasteiger charge is 2.51. The highest BCUT2D eigenvalue weighted by molar-refractivity contribution is 5.91. The predicted molar refractivity (Wildman–Crippen MR) is 182 cm³/mol. The summed E-state index contributed by atoms with van der Waals surface area (Å²) in [6, 6.07) is 30.8. The second-order valence-electron chi connectivity index (χ2n) is 11.9. The van der Waals surface area contributed by atoms with Crippen molar-refractivity contribution >= 4 is 17.8 Å². The lowest BCUT2D eigenvalue weighted by molar-refractivity contribution is -0.189. The second-order valence-corrected chi connectivity index (χ2v) is 11.9. The van der Waals surface area contributed by atoms with E-state index in [2.05, 4.69) is 11.9 Å². The van der Waals surface area contributed by atoms with Crippen molar-refractivity contribution in [1.29, 1.82) is 0 Å². The van der Waals surface area contributed by atoms with Crippen molar-refractivity contribution in [3.05, 3.63) is 132 Å². The molecule has 4 amide bonds. The van der Waals surface area contributed by atoms with Gasteiger partial charge in [-0.15, -0.1) is 6.58 Å². The quantitative estimate of drug-likeness (QED) is 0.240. The molecule has 2 heterocycles. The third kappa shape index (κ3) is 7.03. The number of benzene rings is 4. The molecular weight excluding hydrogens is 606 g/mol. The lowest BCUT2D eigenvalue weighted by atomic mass is 9.97. The van der Waals surface area contributed by atoms with E-state index in [1.807, 2.05) is 78.9 Å². The van der Waals surface area contributed by atoms with Gasteiger partial charge in [0.15, 0.2) is 0 Å². The third-order valence-corrected chi connectivity index (χ3v) is 8.73. The van der Waals surface area contributed by atoms with Crippen LogP contribution >= 0.6 is 0 Å². The Hall–Kier alpha value is -5.61. The molecular formula is C38H39N5O5. The lowest BCUT2D eigenvalue weighted by Crippen LogP contribution is -2.76. The van der Waals surface area contributed by atoms with Crippen LogP contribution in [0.25, 0.3) is 11.1 Å². The van der Waals surface area contributed by atoms with Gasteiger partial charge in [-0.25, -0.2) is 14.8 Å². The number of amides is 4. The van der Waals surface area contributed by atoms with E-state index in [0.717, 1.165) is 33.6 Å². The fraction of sp³-hybridized carbons (Fsp3) is 0.237. The molecule has 0 spiro atoms. The molecule has 6 rings (SSSR count). The molecule has 246 valence electrons. The Labute approximate surface area is 280 Å². The largest absolute Gasteiger partial charge is 0.508 e. The summed E-state index contributed by atoms with van der Waals surface area (Å²) in [6.07, 6.45) is 1.12. The van der Waals surface area contributed by atoms with Crippen molar-refractivity contribution in [2.24, 2.45) is 0 Å². The SMILES string of the molecule is C=CCN1CC(=O)N2[C@@H](Cc3ccc(O)cc3)C(=O)N(Cc3cccc(-c4cccc(OC)c4)c3)C[C@@H]2N1C(=O)NCc1ccccc1. The molecule has 2 aliphatic heterocycles. The molecule has 4 aromatic rings. The average Bonchev–Trinajstić information content (AvgIpc) is 3.10. The van der Waals surface area contributed by atoms with E-state index < -0.39 is 12.2 Å². The van der Waals surface area contributed by atoms with Gasteiger partial charge in [0.25, 0.3) is 0 Å². The molecule has 48 heavy (non-hydrogen) atoms. The minimum absolute atomic E-state index is 0.0801. The molecule has 4 aromatic carbocycles. The van der Waals surface area contributed by atoms with Gasteiger partial charge in [-0.05, 0) is 58.1 Å². The monoisotopic (exact) mass is 645 g/mol. The van der Waals surface area contributed by atoms with Crippen LogP contribution < -0.4 is 10.1 Å². The van der Waals surface area contributed by atoms with Gasteiger partial charge in [0.1, 0.15) is 23.7 Å². The van der Waals surface area contributed by atoms with Crippen molar-refractivity contribution in [2.45, 2.75) is 31.7 Å². The van der Waals surface area contributed by atoms with Crippen LogP contribution in [0.3, 0.4) is 0 Å². The number of methoxy groups -OCH3 is 1. The lowest BCUT2D eigenvalue weighted by Gasteiger charge is -2.55. The van der Waals surface area contributed by atoms with Gasteiger partial charge in [-0.1, -0.05) is 78.9 Å². The predicted octanol–water partition coefficient (Wildman–Crippen LogP) is 4.80. The summed E-state index contributed by atoms with van der Waals surface area (Å²) in [5, 5.41) is 16.2. The Balaban J connectivity index is 1.34. The number of ether oxygens (including phenoxy) is 1. The Morgan fingerprint density at radius 3 is 2.35 bits per heavy atom. The zero-order valence-corrected chi connectivity index (χ0v) is 26.9. The zero-order valence-electron chi connectivity index (χ0n) is 26.9. The maximum atomic E-state index is 14.4. The van der Waals surface area contributed by atoms with Crippen molar-refractivity contribution < 1.29 is 24.2 Å². The Kier molecular flexibility index (Phi) is 9.73. The smallest absolute Gasteiger partial charge is 0.334 e. The average molecular weight is 646 g/mol. The number of nitrogens with one attached hydrogen (secondary N) is 1. The zero-order chi connectivity index (χ0) is 33.6. The van der Waals surface area contributed by atoms with Crippen molar-refractivity contribution in [1.82, 2.24) is 25.1 Å². The second kappa shape index (κ2) is 14.4. The molecule has 2 atom stereocenters. The number of nitrogens with zero attached hydrogens (tertiary/aromatic N) is 4. The summed E-state index contributed by atoms with van der Waals surface area (Å²) in [5.41, 5.74) is 4.59. The first kappa shape index (κ1) is 32.3. The van der Waals surface area contributed by atoms with Crippen LogP contribution in [0.5, 0.6) is 11.5 Å². The number of phenols is 1. The van der Waals surface area contributed by atoms with Crippen LogP contribution in [0.1, 0.15) is 16.7 Å². The van der Waals surface area contributed by atoms with Crippen LogP contribution in [0.15, 0.2) is 116 Å². The Morgan fingerprint density at radius 1 is 0.917 bits per heavy atom. The van der Waals surface area contributed by atoms with Crippen LogP contribution in [0.2, 0.25) is 0 Å².